The van der Waals surface area contributed by atoms with Gasteiger partial charge in [-0.1, -0.05) is 12.1 Å². The minimum atomic E-state index is -0.891. The molecule has 0 aliphatic rings. The van der Waals surface area contributed by atoms with Crippen LogP contribution in [0.5, 0.6) is 5.75 Å². The zero-order chi connectivity index (χ0) is 8.97. The molecule has 1 amide bonds. The minimum absolute atomic E-state index is 0.270. The highest BCUT2D eigenvalue weighted by Crippen LogP contribution is 2.11. The maximum atomic E-state index is 10.3. The molecule has 1 aromatic carbocycles. The van der Waals surface area contributed by atoms with Crippen LogP contribution in [0.25, 0.3) is 0 Å². The first-order valence-corrected chi connectivity index (χ1v) is 3.25. The van der Waals surface area contributed by atoms with Gasteiger partial charge in [-0.25, -0.2) is 4.79 Å². The Bertz CT molecular complexity index is 309. The molecule has 0 atom stereocenters. The number of amides is 1. The second-order valence-corrected chi connectivity index (χ2v) is 2.11. The number of ether oxygens (including phenoxy) is 1. The average molecular weight is 165 g/mol. The van der Waals surface area contributed by atoms with Crippen LogP contribution in [-0.2, 0) is 0 Å². The zero-order valence-electron chi connectivity index (χ0n) is 6.19. The number of rotatable bonds is 2. The van der Waals surface area contributed by atoms with Crippen molar-refractivity contribution >= 4 is 12.4 Å². The first-order chi connectivity index (χ1) is 5.72. The number of primary amides is 1. The Morgan fingerprint density at radius 3 is 2.83 bits per heavy atom. The molecule has 0 saturated heterocycles. The van der Waals surface area contributed by atoms with Crippen LogP contribution in [-0.4, -0.2) is 12.4 Å². The highest BCUT2D eigenvalue weighted by atomic mass is 16.5. The van der Waals surface area contributed by atoms with Gasteiger partial charge in [0.1, 0.15) is 12.0 Å². The summed E-state index contributed by atoms with van der Waals surface area (Å²) in [6.07, 6.45) is -0.230. The Kier molecular flexibility index (Phi) is 2.42. The first kappa shape index (κ1) is 8.26. The van der Waals surface area contributed by atoms with Crippen molar-refractivity contribution in [2.24, 2.45) is 5.73 Å². The van der Waals surface area contributed by atoms with Crippen LogP contribution in [0.15, 0.2) is 24.3 Å². The van der Waals surface area contributed by atoms with Crippen molar-refractivity contribution < 1.29 is 14.3 Å². The molecule has 4 heteroatoms. The molecule has 1 rings (SSSR count). The lowest BCUT2D eigenvalue weighted by Crippen LogP contribution is -2.16. The van der Waals surface area contributed by atoms with E-state index in [-0.39, 0.29) is 5.75 Å². The molecule has 2 N–H and O–H groups in total. The first-order valence-electron chi connectivity index (χ1n) is 3.25. The van der Waals surface area contributed by atoms with Gasteiger partial charge in [0.05, 0.1) is 0 Å². The fourth-order valence-corrected chi connectivity index (χ4v) is 0.767. The van der Waals surface area contributed by atoms with Crippen LogP contribution in [0, 0.1) is 0 Å². The summed E-state index contributed by atoms with van der Waals surface area (Å²) in [5, 5.41) is 0. The molecular weight excluding hydrogens is 158 g/mol. The standard InChI is InChI=1S/C8H7NO3/c9-8(11)12-7-3-1-2-6(4-7)5-10/h1-5H,(H2,9,11). The van der Waals surface area contributed by atoms with Gasteiger partial charge in [0, 0.05) is 5.56 Å². The zero-order valence-corrected chi connectivity index (χ0v) is 6.19. The van der Waals surface area contributed by atoms with Crippen molar-refractivity contribution in [1.29, 1.82) is 0 Å². The maximum absolute atomic E-state index is 10.3. The van der Waals surface area contributed by atoms with E-state index in [2.05, 4.69) is 4.74 Å². The van der Waals surface area contributed by atoms with E-state index in [0.29, 0.717) is 11.8 Å². The molecule has 0 aromatic heterocycles. The summed E-state index contributed by atoms with van der Waals surface area (Å²) in [5.41, 5.74) is 5.21. The maximum Gasteiger partial charge on any atom is 0.409 e. The van der Waals surface area contributed by atoms with E-state index in [0.717, 1.165) is 0 Å². The van der Waals surface area contributed by atoms with Gasteiger partial charge in [-0.2, -0.15) is 0 Å². The van der Waals surface area contributed by atoms with Crippen molar-refractivity contribution in [2.45, 2.75) is 0 Å². The summed E-state index contributed by atoms with van der Waals surface area (Å²) >= 11 is 0. The molecule has 12 heavy (non-hydrogen) atoms. The summed E-state index contributed by atoms with van der Waals surface area (Å²) in [6, 6.07) is 6.17. The lowest BCUT2D eigenvalue weighted by molar-refractivity contribution is 0.112. The van der Waals surface area contributed by atoms with E-state index in [4.69, 9.17) is 5.73 Å². The monoisotopic (exact) mass is 165 g/mol. The van der Waals surface area contributed by atoms with Gasteiger partial charge in [0.25, 0.3) is 0 Å². The summed E-state index contributed by atoms with van der Waals surface area (Å²) in [4.78, 5) is 20.6. The number of aldehydes is 1. The fourth-order valence-electron chi connectivity index (χ4n) is 0.767. The average Bonchev–Trinajstić information content (AvgIpc) is 2.03. The molecule has 0 aliphatic carbocycles. The third kappa shape index (κ3) is 2.09. The smallest absolute Gasteiger partial charge is 0.409 e. The Morgan fingerprint density at radius 2 is 2.25 bits per heavy atom. The molecule has 0 unspecified atom stereocenters. The van der Waals surface area contributed by atoms with E-state index < -0.39 is 6.09 Å². The third-order valence-electron chi connectivity index (χ3n) is 1.21. The number of carbonyl (C=O) groups is 2. The van der Waals surface area contributed by atoms with Gasteiger partial charge >= 0.3 is 6.09 Å². The predicted molar refractivity (Wildman–Crippen MR) is 42.0 cm³/mol. The van der Waals surface area contributed by atoms with E-state index in [1.807, 2.05) is 0 Å². The fraction of sp³-hybridized carbons (Fsp3) is 0. The molecule has 0 heterocycles. The molecule has 62 valence electrons. The van der Waals surface area contributed by atoms with Gasteiger partial charge in [0.2, 0.25) is 0 Å². The van der Waals surface area contributed by atoms with Crippen molar-refractivity contribution in [2.75, 3.05) is 0 Å². The highest BCUT2D eigenvalue weighted by Gasteiger charge is 1.98. The van der Waals surface area contributed by atoms with E-state index in [1.165, 1.54) is 12.1 Å². The number of hydrogen-bond acceptors (Lipinski definition) is 3. The largest absolute Gasteiger partial charge is 0.410 e. The molecule has 0 spiro atoms. The number of benzene rings is 1. The molecular formula is C8H7NO3. The van der Waals surface area contributed by atoms with E-state index >= 15 is 0 Å². The topological polar surface area (TPSA) is 69.4 Å². The summed E-state index contributed by atoms with van der Waals surface area (Å²) in [6.45, 7) is 0. The van der Waals surface area contributed by atoms with Gasteiger partial charge in [-0.3, -0.25) is 4.79 Å². The van der Waals surface area contributed by atoms with Gasteiger partial charge < -0.3 is 10.5 Å². The van der Waals surface area contributed by atoms with Gasteiger partial charge in [-0.15, -0.1) is 0 Å². The Labute approximate surface area is 68.9 Å². The predicted octanol–water partition coefficient (Wildman–Crippen LogP) is 0.957. The lowest BCUT2D eigenvalue weighted by Gasteiger charge is -1.99. The molecule has 0 saturated carbocycles. The molecule has 0 radical (unpaired) electrons. The number of carbonyl (C=O) groups excluding carboxylic acids is 2. The van der Waals surface area contributed by atoms with Crippen molar-refractivity contribution in [3.8, 4) is 5.75 Å². The van der Waals surface area contributed by atoms with E-state index in [1.54, 1.807) is 12.1 Å². The third-order valence-corrected chi connectivity index (χ3v) is 1.21. The van der Waals surface area contributed by atoms with Crippen LogP contribution in [0.2, 0.25) is 0 Å². The van der Waals surface area contributed by atoms with E-state index in [9.17, 15) is 9.59 Å². The van der Waals surface area contributed by atoms with Gasteiger partial charge in [0.15, 0.2) is 0 Å². The Hall–Kier alpha value is -1.84. The number of hydrogen-bond donors (Lipinski definition) is 1. The van der Waals surface area contributed by atoms with Crippen LogP contribution < -0.4 is 10.5 Å². The Balaban J connectivity index is 2.86. The van der Waals surface area contributed by atoms with Crippen LogP contribution in [0.3, 0.4) is 0 Å². The van der Waals surface area contributed by atoms with Crippen molar-refractivity contribution in [3.05, 3.63) is 29.8 Å². The van der Waals surface area contributed by atoms with Crippen LogP contribution in [0.1, 0.15) is 10.4 Å². The second-order valence-electron chi connectivity index (χ2n) is 2.11. The second kappa shape index (κ2) is 3.52. The molecule has 0 aliphatic heterocycles. The molecule has 1 aromatic rings. The lowest BCUT2D eigenvalue weighted by atomic mass is 10.2. The normalized spacial score (nSPS) is 9.00. The van der Waals surface area contributed by atoms with Crippen LogP contribution >= 0.6 is 0 Å². The van der Waals surface area contributed by atoms with Crippen LogP contribution in [0.4, 0.5) is 4.79 Å². The summed E-state index contributed by atoms with van der Waals surface area (Å²) in [5.74, 6) is 0.270. The SMILES string of the molecule is NC(=O)Oc1cccc(C=O)c1. The highest BCUT2D eigenvalue weighted by molar-refractivity contribution is 5.76. The number of nitrogens with two attached hydrogens (primary N) is 1. The van der Waals surface area contributed by atoms with Gasteiger partial charge in [-0.05, 0) is 12.1 Å². The summed E-state index contributed by atoms with van der Waals surface area (Å²) < 4.78 is 4.54. The molecule has 0 fully saturated rings. The molecule has 0 bridgehead atoms. The minimum Gasteiger partial charge on any atom is -0.410 e. The van der Waals surface area contributed by atoms with Crippen molar-refractivity contribution in [1.82, 2.24) is 0 Å². The molecule has 4 nitrogen and oxygen atoms in total. The van der Waals surface area contributed by atoms with Crippen molar-refractivity contribution in [3.63, 3.8) is 0 Å². The summed E-state index contributed by atoms with van der Waals surface area (Å²) in [7, 11) is 0. The quantitative estimate of drug-likeness (QED) is 0.663. The Morgan fingerprint density at radius 1 is 1.50 bits per heavy atom.